The van der Waals surface area contributed by atoms with Gasteiger partial charge in [-0.15, -0.1) is 0 Å². The molecule has 19 heavy (non-hydrogen) atoms. The number of anilines is 1. The number of nitrogen functional groups attached to an aromatic ring is 1. The zero-order chi connectivity index (χ0) is 14.2. The van der Waals surface area contributed by atoms with Crippen molar-refractivity contribution in [1.29, 1.82) is 0 Å². The highest BCUT2D eigenvalue weighted by Crippen LogP contribution is 2.36. The highest BCUT2D eigenvalue weighted by atomic mass is 35.5. The minimum atomic E-state index is -3.30. The molecule has 1 fully saturated rings. The topological polar surface area (TPSA) is 60.2 Å². The number of hydrogen-bond donors (Lipinski definition) is 1. The first-order valence-corrected chi connectivity index (χ1v) is 8.53. The van der Waals surface area contributed by atoms with Crippen molar-refractivity contribution in [2.45, 2.75) is 43.3 Å². The quantitative estimate of drug-likeness (QED) is 0.850. The fourth-order valence-electron chi connectivity index (χ4n) is 2.66. The summed E-state index contributed by atoms with van der Waals surface area (Å²) in [6.07, 6.45) is 2.43. The standard InChI is InChI=1S/C14H20ClNO2S/c1-9-3-4-11(7-10(9)2)19(17,18)12-5-6-14(16)13(15)8-12/h5-6,8-11H,3-4,7,16H2,1-2H3. The fraction of sp³-hybridized carbons (Fsp3) is 0.571. The van der Waals surface area contributed by atoms with E-state index in [1.165, 1.54) is 6.07 Å². The highest BCUT2D eigenvalue weighted by molar-refractivity contribution is 7.92. The lowest BCUT2D eigenvalue weighted by Gasteiger charge is -2.31. The molecule has 0 aliphatic heterocycles. The summed E-state index contributed by atoms with van der Waals surface area (Å²) in [6, 6.07) is 4.58. The van der Waals surface area contributed by atoms with Gasteiger partial charge in [-0.3, -0.25) is 0 Å². The number of nitrogens with two attached hydrogens (primary N) is 1. The molecule has 0 heterocycles. The van der Waals surface area contributed by atoms with Crippen LogP contribution in [0.3, 0.4) is 0 Å². The maximum absolute atomic E-state index is 12.6. The molecule has 2 N–H and O–H groups in total. The van der Waals surface area contributed by atoms with Crippen LogP contribution in [-0.2, 0) is 9.84 Å². The van der Waals surface area contributed by atoms with Gasteiger partial charge in [-0.05, 0) is 49.3 Å². The number of rotatable bonds is 2. The van der Waals surface area contributed by atoms with E-state index in [1.807, 2.05) is 0 Å². The normalized spacial score (nSPS) is 28.3. The van der Waals surface area contributed by atoms with Gasteiger partial charge in [-0.1, -0.05) is 25.4 Å². The van der Waals surface area contributed by atoms with Crippen LogP contribution in [0.1, 0.15) is 33.1 Å². The summed E-state index contributed by atoms with van der Waals surface area (Å²) < 4.78 is 25.2. The number of benzene rings is 1. The van der Waals surface area contributed by atoms with E-state index in [2.05, 4.69) is 13.8 Å². The lowest BCUT2D eigenvalue weighted by molar-refractivity contribution is 0.278. The van der Waals surface area contributed by atoms with Crippen LogP contribution in [0.4, 0.5) is 5.69 Å². The third kappa shape index (κ3) is 2.90. The molecular formula is C14H20ClNO2S. The lowest BCUT2D eigenvalue weighted by atomic mass is 9.81. The minimum Gasteiger partial charge on any atom is -0.398 e. The first-order valence-electron chi connectivity index (χ1n) is 6.61. The van der Waals surface area contributed by atoms with E-state index in [1.54, 1.807) is 12.1 Å². The second-order valence-corrected chi connectivity index (χ2v) is 8.25. The molecule has 3 unspecified atom stereocenters. The molecule has 3 atom stereocenters. The molecule has 2 rings (SSSR count). The van der Waals surface area contributed by atoms with Crippen molar-refractivity contribution in [2.75, 3.05) is 5.73 Å². The summed E-state index contributed by atoms with van der Waals surface area (Å²) in [6.45, 7) is 4.32. The van der Waals surface area contributed by atoms with Crippen molar-refractivity contribution >= 4 is 27.1 Å². The molecule has 1 aromatic rings. The molecule has 0 amide bonds. The summed E-state index contributed by atoms with van der Waals surface area (Å²) in [5.41, 5.74) is 6.03. The van der Waals surface area contributed by atoms with Crippen molar-refractivity contribution < 1.29 is 8.42 Å². The monoisotopic (exact) mass is 301 g/mol. The van der Waals surface area contributed by atoms with E-state index < -0.39 is 9.84 Å². The van der Waals surface area contributed by atoms with E-state index in [0.29, 0.717) is 27.4 Å². The Balaban J connectivity index is 2.29. The molecule has 0 aromatic heterocycles. The van der Waals surface area contributed by atoms with Crippen LogP contribution in [0.15, 0.2) is 23.1 Å². The third-order valence-corrected chi connectivity index (χ3v) is 6.83. The third-order valence-electron chi connectivity index (χ3n) is 4.29. The Bertz CT molecular complexity index is 571. The van der Waals surface area contributed by atoms with Gasteiger partial charge in [0.25, 0.3) is 0 Å². The molecule has 1 aliphatic carbocycles. The van der Waals surface area contributed by atoms with E-state index in [4.69, 9.17) is 17.3 Å². The molecule has 0 radical (unpaired) electrons. The summed E-state index contributed by atoms with van der Waals surface area (Å²) in [5.74, 6) is 1.04. The Labute approximate surface area is 120 Å². The van der Waals surface area contributed by atoms with E-state index in [9.17, 15) is 8.42 Å². The van der Waals surface area contributed by atoms with Crippen molar-refractivity contribution in [2.24, 2.45) is 11.8 Å². The molecule has 3 nitrogen and oxygen atoms in total. The van der Waals surface area contributed by atoms with Crippen LogP contribution >= 0.6 is 11.6 Å². The summed E-state index contributed by atoms with van der Waals surface area (Å²) in [7, 11) is -3.30. The van der Waals surface area contributed by atoms with Crippen LogP contribution in [-0.4, -0.2) is 13.7 Å². The predicted octanol–water partition coefficient (Wildman–Crippen LogP) is 3.52. The van der Waals surface area contributed by atoms with Crippen molar-refractivity contribution in [3.05, 3.63) is 23.2 Å². The molecule has 1 aromatic carbocycles. The maximum atomic E-state index is 12.6. The van der Waals surface area contributed by atoms with Crippen LogP contribution in [0.25, 0.3) is 0 Å². The second-order valence-electron chi connectivity index (χ2n) is 5.62. The minimum absolute atomic E-state index is 0.290. The van der Waals surface area contributed by atoms with Gasteiger partial charge in [0.05, 0.1) is 20.9 Å². The van der Waals surface area contributed by atoms with Crippen molar-refractivity contribution in [1.82, 2.24) is 0 Å². The fourth-order valence-corrected chi connectivity index (χ4v) is 4.83. The summed E-state index contributed by atoms with van der Waals surface area (Å²) in [4.78, 5) is 0.290. The van der Waals surface area contributed by atoms with Gasteiger partial charge in [0.15, 0.2) is 9.84 Å². The zero-order valence-electron chi connectivity index (χ0n) is 11.3. The Morgan fingerprint density at radius 2 is 1.89 bits per heavy atom. The average Bonchev–Trinajstić information content (AvgIpc) is 2.35. The van der Waals surface area contributed by atoms with Gasteiger partial charge in [0.2, 0.25) is 0 Å². The van der Waals surface area contributed by atoms with E-state index in [-0.39, 0.29) is 5.25 Å². The van der Waals surface area contributed by atoms with Gasteiger partial charge < -0.3 is 5.73 Å². The first-order chi connectivity index (χ1) is 8.82. The largest absolute Gasteiger partial charge is 0.398 e. The van der Waals surface area contributed by atoms with Gasteiger partial charge in [-0.25, -0.2) is 8.42 Å². The molecule has 106 valence electrons. The SMILES string of the molecule is CC1CCC(S(=O)(=O)c2ccc(N)c(Cl)c2)CC1C. The van der Waals surface area contributed by atoms with E-state index >= 15 is 0 Å². The van der Waals surface area contributed by atoms with Crippen LogP contribution in [0.2, 0.25) is 5.02 Å². The second kappa shape index (κ2) is 5.33. The molecule has 0 bridgehead atoms. The Hall–Kier alpha value is -0.740. The van der Waals surface area contributed by atoms with Crippen LogP contribution in [0, 0.1) is 11.8 Å². The average molecular weight is 302 g/mol. The smallest absolute Gasteiger partial charge is 0.181 e. The molecule has 0 spiro atoms. The Kier molecular flexibility index (Phi) is 4.11. The molecule has 1 saturated carbocycles. The summed E-state index contributed by atoms with van der Waals surface area (Å²) in [5, 5.41) is 0.0108. The molecular weight excluding hydrogens is 282 g/mol. The van der Waals surface area contributed by atoms with Crippen molar-refractivity contribution in [3.8, 4) is 0 Å². The molecule has 5 heteroatoms. The first kappa shape index (κ1) is 14.7. The lowest BCUT2D eigenvalue weighted by Crippen LogP contribution is -2.31. The number of hydrogen-bond acceptors (Lipinski definition) is 3. The predicted molar refractivity (Wildman–Crippen MR) is 79.0 cm³/mol. The molecule has 0 saturated heterocycles. The summed E-state index contributed by atoms with van der Waals surface area (Å²) >= 11 is 5.92. The van der Waals surface area contributed by atoms with Gasteiger partial charge in [-0.2, -0.15) is 0 Å². The zero-order valence-corrected chi connectivity index (χ0v) is 12.8. The molecule has 1 aliphatic rings. The Morgan fingerprint density at radius 3 is 2.47 bits per heavy atom. The van der Waals surface area contributed by atoms with Gasteiger partial charge in [0, 0.05) is 0 Å². The van der Waals surface area contributed by atoms with Crippen molar-refractivity contribution in [3.63, 3.8) is 0 Å². The Morgan fingerprint density at radius 1 is 1.21 bits per heavy atom. The maximum Gasteiger partial charge on any atom is 0.181 e. The van der Waals surface area contributed by atoms with Gasteiger partial charge >= 0.3 is 0 Å². The number of sulfone groups is 1. The highest BCUT2D eigenvalue weighted by Gasteiger charge is 2.34. The van der Waals surface area contributed by atoms with Crippen LogP contribution in [0.5, 0.6) is 0 Å². The number of halogens is 1. The van der Waals surface area contributed by atoms with Gasteiger partial charge in [0.1, 0.15) is 0 Å². The van der Waals surface area contributed by atoms with E-state index in [0.717, 1.165) is 19.3 Å². The van der Waals surface area contributed by atoms with Crippen LogP contribution < -0.4 is 5.73 Å².